The minimum Gasteiger partial charge on any atom is -0.381 e. The number of fused-ring (bicyclic) bond motifs is 5. The first-order chi connectivity index (χ1) is 11.6. The van der Waals surface area contributed by atoms with E-state index in [0.29, 0.717) is 12.8 Å². The van der Waals surface area contributed by atoms with Crippen molar-refractivity contribution in [3.05, 3.63) is 11.6 Å². The summed E-state index contributed by atoms with van der Waals surface area (Å²) in [5.74, 6) is 0.538. The molecule has 0 amide bonds. The highest BCUT2D eigenvalue weighted by Crippen LogP contribution is 2.66. The van der Waals surface area contributed by atoms with Gasteiger partial charge in [0.05, 0.1) is 0 Å². The van der Waals surface area contributed by atoms with Crippen molar-refractivity contribution in [2.75, 3.05) is 0 Å². The molecule has 0 aromatic heterocycles. The summed E-state index contributed by atoms with van der Waals surface area (Å²) >= 11 is 0. The maximum atomic E-state index is 13.3. The Balaban J connectivity index is 1.77. The standard InChI is InChI=1S/C21H28O4/c1-12(22)21(25)9-7-16-15-5-4-13-10-14(23)6-8-19(13,2)18(15)17(24)11-20(16,21)3/h10,15-16,18,25H,4-9,11H2,1-3H3/t15-,16-,18+,19-,20-,21+/m0/s1. The Morgan fingerprint density at radius 1 is 1.16 bits per heavy atom. The summed E-state index contributed by atoms with van der Waals surface area (Å²) in [4.78, 5) is 37.4. The molecule has 0 radical (unpaired) electrons. The molecule has 4 aliphatic rings. The van der Waals surface area contributed by atoms with Gasteiger partial charge in [-0.25, -0.2) is 0 Å². The molecule has 136 valence electrons. The monoisotopic (exact) mass is 344 g/mol. The van der Waals surface area contributed by atoms with E-state index in [0.717, 1.165) is 31.3 Å². The molecule has 0 unspecified atom stereocenters. The smallest absolute Gasteiger partial charge is 0.161 e. The van der Waals surface area contributed by atoms with Gasteiger partial charge in [-0.3, -0.25) is 14.4 Å². The van der Waals surface area contributed by atoms with Crippen LogP contribution >= 0.6 is 0 Å². The van der Waals surface area contributed by atoms with Crippen LogP contribution in [0.5, 0.6) is 0 Å². The highest BCUT2D eigenvalue weighted by molar-refractivity contribution is 5.94. The first-order valence-electron chi connectivity index (χ1n) is 9.63. The Kier molecular flexibility index (Phi) is 3.51. The molecule has 0 aromatic rings. The van der Waals surface area contributed by atoms with Gasteiger partial charge in [0.15, 0.2) is 11.6 Å². The van der Waals surface area contributed by atoms with Crippen LogP contribution in [0, 0.1) is 28.6 Å². The Hall–Kier alpha value is -1.29. The van der Waals surface area contributed by atoms with Gasteiger partial charge >= 0.3 is 0 Å². The molecule has 4 rings (SSSR count). The molecule has 0 aliphatic heterocycles. The van der Waals surface area contributed by atoms with Crippen molar-refractivity contribution in [2.24, 2.45) is 28.6 Å². The van der Waals surface area contributed by atoms with Crippen LogP contribution in [0.25, 0.3) is 0 Å². The second-order valence-electron chi connectivity index (χ2n) is 9.36. The molecule has 4 heteroatoms. The van der Waals surface area contributed by atoms with Crippen LogP contribution < -0.4 is 0 Å². The molecule has 1 N–H and O–H groups in total. The topological polar surface area (TPSA) is 71.4 Å². The Morgan fingerprint density at radius 3 is 2.56 bits per heavy atom. The van der Waals surface area contributed by atoms with Gasteiger partial charge in [0.1, 0.15) is 11.4 Å². The average Bonchev–Trinajstić information content (AvgIpc) is 2.80. The van der Waals surface area contributed by atoms with E-state index in [-0.39, 0.29) is 46.9 Å². The summed E-state index contributed by atoms with van der Waals surface area (Å²) in [6, 6.07) is 0. The fourth-order valence-electron chi connectivity index (χ4n) is 6.97. The largest absolute Gasteiger partial charge is 0.381 e. The van der Waals surface area contributed by atoms with Gasteiger partial charge in [0.25, 0.3) is 0 Å². The molecular formula is C21H28O4. The summed E-state index contributed by atoms with van der Waals surface area (Å²) in [6.45, 7) is 5.58. The van der Waals surface area contributed by atoms with Crippen LogP contribution in [0.4, 0.5) is 0 Å². The zero-order valence-corrected chi connectivity index (χ0v) is 15.4. The molecule has 0 aromatic carbocycles. The van der Waals surface area contributed by atoms with E-state index in [1.54, 1.807) is 6.08 Å². The van der Waals surface area contributed by atoms with Gasteiger partial charge in [-0.2, -0.15) is 0 Å². The first-order valence-corrected chi connectivity index (χ1v) is 9.63. The SMILES string of the molecule is CC(=O)[C@]1(O)CC[C@H]2[C@@H]3CCC4=CC(=O)CC[C@]4(C)[C@H]3C(=O)C[C@@]21C. The van der Waals surface area contributed by atoms with E-state index in [1.165, 1.54) is 6.92 Å². The number of aliphatic hydroxyl groups is 1. The van der Waals surface area contributed by atoms with Gasteiger partial charge in [-0.1, -0.05) is 19.4 Å². The van der Waals surface area contributed by atoms with Crippen molar-refractivity contribution < 1.29 is 19.5 Å². The molecule has 25 heavy (non-hydrogen) atoms. The van der Waals surface area contributed by atoms with Crippen LogP contribution in [0.2, 0.25) is 0 Å². The number of carbonyl (C=O) groups excluding carboxylic acids is 3. The number of hydrogen-bond donors (Lipinski definition) is 1. The highest BCUT2D eigenvalue weighted by atomic mass is 16.3. The van der Waals surface area contributed by atoms with Crippen molar-refractivity contribution >= 4 is 17.3 Å². The third-order valence-electron chi connectivity index (χ3n) is 8.39. The van der Waals surface area contributed by atoms with Crippen LogP contribution in [-0.2, 0) is 14.4 Å². The third kappa shape index (κ3) is 2.00. The molecule has 0 saturated heterocycles. The third-order valence-corrected chi connectivity index (χ3v) is 8.39. The minimum absolute atomic E-state index is 0.0621. The molecule has 4 nitrogen and oxygen atoms in total. The van der Waals surface area contributed by atoms with Gasteiger partial charge in [0.2, 0.25) is 0 Å². The number of allylic oxidation sites excluding steroid dienone is 1. The minimum atomic E-state index is -1.36. The normalized spacial score (nSPS) is 49.1. The maximum absolute atomic E-state index is 13.3. The van der Waals surface area contributed by atoms with Gasteiger partial charge < -0.3 is 5.11 Å². The van der Waals surface area contributed by atoms with Crippen molar-refractivity contribution in [3.63, 3.8) is 0 Å². The first kappa shape index (κ1) is 17.1. The second-order valence-corrected chi connectivity index (χ2v) is 9.36. The summed E-state index contributed by atoms with van der Waals surface area (Å²) in [5.41, 5.74) is -1.06. The fraction of sp³-hybridized carbons (Fsp3) is 0.762. The predicted octanol–water partition coefficient (Wildman–Crippen LogP) is 3.02. The van der Waals surface area contributed by atoms with E-state index in [4.69, 9.17) is 0 Å². The lowest BCUT2D eigenvalue weighted by molar-refractivity contribution is -0.167. The van der Waals surface area contributed by atoms with Gasteiger partial charge in [-0.15, -0.1) is 0 Å². The fourth-order valence-corrected chi connectivity index (χ4v) is 6.97. The zero-order chi connectivity index (χ0) is 18.2. The summed E-state index contributed by atoms with van der Waals surface area (Å²) in [6.07, 6.45) is 6.39. The van der Waals surface area contributed by atoms with E-state index < -0.39 is 11.0 Å². The Labute approximate surface area is 149 Å². The van der Waals surface area contributed by atoms with Gasteiger partial charge in [-0.05, 0) is 62.4 Å². The molecule has 0 heterocycles. The van der Waals surface area contributed by atoms with Crippen LogP contribution in [-0.4, -0.2) is 28.1 Å². The average molecular weight is 344 g/mol. The zero-order valence-electron chi connectivity index (χ0n) is 15.4. The van der Waals surface area contributed by atoms with E-state index in [2.05, 4.69) is 6.92 Å². The summed E-state index contributed by atoms with van der Waals surface area (Å²) < 4.78 is 0. The number of Topliss-reactive ketones (excluding diaryl/α,β-unsaturated/α-hetero) is 2. The molecule has 3 fully saturated rings. The Morgan fingerprint density at radius 2 is 1.88 bits per heavy atom. The molecule has 4 aliphatic carbocycles. The maximum Gasteiger partial charge on any atom is 0.161 e. The predicted molar refractivity (Wildman–Crippen MR) is 92.7 cm³/mol. The quantitative estimate of drug-likeness (QED) is 0.794. The number of ketones is 3. The number of rotatable bonds is 1. The molecule has 0 spiro atoms. The molecule has 0 bridgehead atoms. The summed E-state index contributed by atoms with van der Waals surface area (Å²) in [5, 5.41) is 11.1. The molecule has 6 atom stereocenters. The van der Waals surface area contributed by atoms with Crippen molar-refractivity contribution in [2.45, 2.75) is 71.3 Å². The molecule has 3 saturated carbocycles. The van der Waals surface area contributed by atoms with Gasteiger partial charge in [0, 0.05) is 24.2 Å². The van der Waals surface area contributed by atoms with E-state index in [1.807, 2.05) is 6.92 Å². The summed E-state index contributed by atoms with van der Waals surface area (Å²) in [7, 11) is 0. The second kappa shape index (κ2) is 5.12. The molecular weight excluding hydrogens is 316 g/mol. The lowest BCUT2D eigenvalue weighted by Gasteiger charge is -2.57. The van der Waals surface area contributed by atoms with Crippen molar-refractivity contribution in [1.29, 1.82) is 0 Å². The lowest BCUT2D eigenvalue weighted by atomic mass is 9.46. The highest BCUT2D eigenvalue weighted by Gasteiger charge is 2.67. The van der Waals surface area contributed by atoms with E-state index in [9.17, 15) is 19.5 Å². The van der Waals surface area contributed by atoms with Crippen molar-refractivity contribution in [3.8, 4) is 0 Å². The number of hydrogen-bond acceptors (Lipinski definition) is 4. The van der Waals surface area contributed by atoms with Crippen LogP contribution in [0.3, 0.4) is 0 Å². The van der Waals surface area contributed by atoms with Crippen LogP contribution in [0.15, 0.2) is 11.6 Å². The van der Waals surface area contributed by atoms with Crippen LogP contribution in [0.1, 0.15) is 65.7 Å². The number of carbonyl (C=O) groups is 3. The Bertz CT molecular complexity index is 707. The van der Waals surface area contributed by atoms with Crippen molar-refractivity contribution in [1.82, 2.24) is 0 Å². The lowest BCUT2D eigenvalue weighted by Crippen LogP contribution is -2.60. The van der Waals surface area contributed by atoms with E-state index >= 15 is 0 Å².